The van der Waals surface area contributed by atoms with Gasteiger partial charge in [-0.1, -0.05) is 22.0 Å². The summed E-state index contributed by atoms with van der Waals surface area (Å²) in [6.07, 6.45) is 0.594. The molecule has 1 aromatic rings. The number of hydrogen-bond acceptors (Lipinski definition) is 4. The molecule has 0 radical (unpaired) electrons. The van der Waals surface area contributed by atoms with Crippen molar-refractivity contribution in [1.82, 2.24) is 14.1 Å². The van der Waals surface area contributed by atoms with E-state index in [9.17, 15) is 13.2 Å². The Balaban J connectivity index is 1.62. The van der Waals surface area contributed by atoms with Crippen LogP contribution in [0, 0.1) is 5.92 Å². The summed E-state index contributed by atoms with van der Waals surface area (Å²) in [5.41, 5.74) is 0. The van der Waals surface area contributed by atoms with Crippen LogP contribution < -0.4 is 0 Å². The molecule has 0 saturated carbocycles. The van der Waals surface area contributed by atoms with E-state index in [1.165, 1.54) is 4.31 Å². The highest BCUT2D eigenvalue weighted by Gasteiger charge is 2.38. The van der Waals surface area contributed by atoms with Crippen LogP contribution in [0.2, 0.25) is 0 Å². The quantitative estimate of drug-likeness (QED) is 0.713. The van der Waals surface area contributed by atoms with Crippen molar-refractivity contribution >= 4 is 31.9 Å². The molecule has 1 amide bonds. The van der Waals surface area contributed by atoms with Gasteiger partial charge in [0.1, 0.15) is 0 Å². The minimum Gasteiger partial charge on any atom is -0.340 e. The van der Waals surface area contributed by atoms with Gasteiger partial charge in [0, 0.05) is 49.8 Å². The first kappa shape index (κ1) is 19.8. The smallest absolute Gasteiger partial charge is 0.243 e. The van der Waals surface area contributed by atoms with Crippen LogP contribution in [0.1, 0.15) is 20.3 Å². The summed E-state index contributed by atoms with van der Waals surface area (Å²) in [6.45, 7) is 8.23. The van der Waals surface area contributed by atoms with Gasteiger partial charge in [0.2, 0.25) is 15.9 Å². The average molecular weight is 444 g/mol. The summed E-state index contributed by atoms with van der Waals surface area (Å²) in [7, 11) is -3.55. The lowest BCUT2D eigenvalue weighted by atomic mass is 10.1. The fourth-order valence-electron chi connectivity index (χ4n) is 3.64. The summed E-state index contributed by atoms with van der Waals surface area (Å²) in [5, 5.41) is 0. The van der Waals surface area contributed by atoms with Gasteiger partial charge in [0.15, 0.2) is 0 Å². The van der Waals surface area contributed by atoms with Crippen molar-refractivity contribution in [2.75, 3.05) is 39.3 Å². The Hall–Kier alpha value is -0.960. The molecule has 2 saturated heterocycles. The first-order valence-corrected chi connectivity index (χ1v) is 11.3. The molecule has 2 aliphatic rings. The zero-order valence-electron chi connectivity index (χ0n) is 15.3. The molecule has 144 valence electrons. The van der Waals surface area contributed by atoms with Crippen molar-refractivity contribution in [3.8, 4) is 0 Å². The highest BCUT2D eigenvalue weighted by atomic mass is 79.9. The maximum absolute atomic E-state index is 12.8. The van der Waals surface area contributed by atoms with Gasteiger partial charge >= 0.3 is 0 Å². The van der Waals surface area contributed by atoms with Gasteiger partial charge in [-0.05, 0) is 38.5 Å². The molecule has 6 nitrogen and oxygen atoms in total. The Labute approximate surface area is 164 Å². The van der Waals surface area contributed by atoms with Gasteiger partial charge in [0.05, 0.1) is 10.8 Å². The number of sulfonamides is 1. The second-order valence-electron chi connectivity index (χ2n) is 7.26. The molecule has 2 aliphatic heterocycles. The van der Waals surface area contributed by atoms with Crippen LogP contribution in [0.5, 0.6) is 0 Å². The molecule has 0 bridgehead atoms. The van der Waals surface area contributed by atoms with Gasteiger partial charge in [-0.3, -0.25) is 9.69 Å². The number of halogens is 1. The van der Waals surface area contributed by atoms with E-state index in [0.29, 0.717) is 19.0 Å². The summed E-state index contributed by atoms with van der Waals surface area (Å²) in [6, 6.07) is 7.20. The van der Waals surface area contributed by atoms with E-state index >= 15 is 0 Å². The molecular weight excluding hydrogens is 418 g/mol. The van der Waals surface area contributed by atoms with E-state index < -0.39 is 10.0 Å². The fraction of sp³-hybridized carbons (Fsp3) is 0.611. The maximum Gasteiger partial charge on any atom is 0.243 e. The van der Waals surface area contributed by atoms with E-state index in [4.69, 9.17) is 0 Å². The van der Waals surface area contributed by atoms with Crippen molar-refractivity contribution in [3.63, 3.8) is 0 Å². The van der Waals surface area contributed by atoms with Crippen molar-refractivity contribution < 1.29 is 13.2 Å². The lowest BCUT2D eigenvalue weighted by Gasteiger charge is -2.37. The summed E-state index contributed by atoms with van der Waals surface area (Å²) in [5.74, 6) is -0.136. The summed E-state index contributed by atoms with van der Waals surface area (Å²) < 4.78 is 27.8. The van der Waals surface area contributed by atoms with Gasteiger partial charge in [-0.15, -0.1) is 0 Å². The Morgan fingerprint density at radius 2 is 1.85 bits per heavy atom. The van der Waals surface area contributed by atoms with Crippen LogP contribution >= 0.6 is 15.9 Å². The van der Waals surface area contributed by atoms with E-state index in [1.54, 1.807) is 24.3 Å². The minimum absolute atomic E-state index is 0.0975. The Morgan fingerprint density at radius 1 is 1.15 bits per heavy atom. The minimum atomic E-state index is -3.55. The highest BCUT2D eigenvalue weighted by molar-refractivity contribution is 9.10. The highest BCUT2D eigenvalue weighted by Crippen LogP contribution is 2.27. The molecule has 0 N–H and O–H groups in total. The van der Waals surface area contributed by atoms with Crippen LogP contribution in [-0.2, 0) is 14.8 Å². The Morgan fingerprint density at radius 3 is 2.46 bits per heavy atom. The molecule has 1 aromatic carbocycles. The largest absolute Gasteiger partial charge is 0.340 e. The number of carbonyl (C=O) groups excluding carboxylic acids is 1. The molecule has 1 atom stereocenters. The maximum atomic E-state index is 12.8. The van der Waals surface area contributed by atoms with Gasteiger partial charge in [-0.25, -0.2) is 8.42 Å². The molecule has 3 rings (SSSR count). The number of benzene rings is 1. The molecule has 26 heavy (non-hydrogen) atoms. The number of nitrogens with zero attached hydrogens (tertiary/aromatic N) is 3. The van der Waals surface area contributed by atoms with Crippen molar-refractivity contribution in [2.24, 2.45) is 5.92 Å². The normalized spacial score (nSPS) is 22.9. The summed E-state index contributed by atoms with van der Waals surface area (Å²) >= 11 is 3.32. The average Bonchev–Trinajstić information content (AvgIpc) is 3.12. The molecule has 0 spiro atoms. The lowest BCUT2D eigenvalue weighted by molar-refractivity contribution is -0.137. The molecular formula is C18H26BrN3O3S. The third-order valence-electron chi connectivity index (χ3n) is 5.29. The second kappa shape index (κ2) is 7.96. The Bertz CT molecular complexity index is 761. The van der Waals surface area contributed by atoms with Gasteiger partial charge in [0.25, 0.3) is 0 Å². The van der Waals surface area contributed by atoms with E-state index in [2.05, 4.69) is 34.7 Å². The third-order valence-corrected chi connectivity index (χ3v) is 7.64. The standard InChI is InChI=1S/C18H26BrN3O3S/c1-14(2)20-8-10-21(11-9-20)18(23)15-6-7-22(13-15)26(24,25)17-5-3-4-16(19)12-17/h3-5,12,14-15H,6-11,13H2,1-2H3. The van der Waals surface area contributed by atoms with Crippen LogP contribution in [0.4, 0.5) is 0 Å². The van der Waals surface area contributed by atoms with Crippen molar-refractivity contribution in [1.29, 1.82) is 0 Å². The molecule has 2 fully saturated rings. The SMILES string of the molecule is CC(C)N1CCN(C(=O)C2CCN(S(=O)(=O)c3cccc(Br)c3)C2)CC1. The fourth-order valence-corrected chi connectivity index (χ4v) is 5.74. The molecule has 2 heterocycles. The van der Waals surface area contributed by atoms with E-state index in [-0.39, 0.29) is 23.3 Å². The van der Waals surface area contributed by atoms with Crippen molar-refractivity contribution in [3.05, 3.63) is 28.7 Å². The van der Waals surface area contributed by atoms with Gasteiger partial charge < -0.3 is 4.90 Å². The van der Waals surface area contributed by atoms with E-state index in [0.717, 1.165) is 30.7 Å². The molecule has 1 unspecified atom stereocenters. The van der Waals surface area contributed by atoms with E-state index in [1.807, 2.05) is 4.90 Å². The number of hydrogen-bond donors (Lipinski definition) is 0. The molecule has 8 heteroatoms. The predicted molar refractivity (Wildman–Crippen MR) is 104 cm³/mol. The number of rotatable bonds is 4. The van der Waals surface area contributed by atoms with Crippen molar-refractivity contribution in [2.45, 2.75) is 31.2 Å². The topological polar surface area (TPSA) is 60.9 Å². The monoisotopic (exact) mass is 443 g/mol. The van der Waals surface area contributed by atoms with Crippen LogP contribution in [-0.4, -0.2) is 73.7 Å². The second-order valence-corrected chi connectivity index (χ2v) is 10.1. The molecule has 0 aromatic heterocycles. The first-order valence-electron chi connectivity index (χ1n) is 9.07. The zero-order chi connectivity index (χ0) is 18.9. The predicted octanol–water partition coefficient (Wildman–Crippen LogP) is 2.01. The number of piperazine rings is 1. The van der Waals surface area contributed by atoms with Crippen LogP contribution in [0.3, 0.4) is 0 Å². The zero-order valence-corrected chi connectivity index (χ0v) is 17.7. The number of amides is 1. The number of carbonyl (C=O) groups is 1. The lowest BCUT2D eigenvalue weighted by Crippen LogP contribution is -2.52. The van der Waals surface area contributed by atoms with Gasteiger partial charge in [-0.2, -0.15) is 4.31 Å². The summed E-state index contributed by atoms with van der Waals surface area (Å²) in [4.78, 5) is 17.4. The van der Waals surface area contributed by atoms with Crippen LogP contribution in [0.15, 0.2) is 33.6 Å². The Kier molecular flexibility index (Phi) is 6.06. The van der Waals surface area contributed by atoms with Crippen LogP contribution in [0.25, 0.3) is 0 Å². The third kappa shape index (κ3) is 4.13. The first-order chi connectivity index (χ1) is 12.3. The molecule has 0 aliphatic carbocycles.